The summed E-state index contributed by atoms with van der Waals surface area (Å²) >= 11 is 0. The van der Waals surface area contributed by atoms with Gasteiger partial charge in [0.05, 0.1) is 0 Å². The van der Waals surface area contributed by atoms with Crippen molar-refractivity contribution in [3.8, 4) is 5.75 Å². The predicted octanol–water partition coefficient (Wildman–Crippen LogP) is 3.89. The van der Waals surface area contributed by atoms with Crippen molar-refractivity contribution in [2.24, 2.45) is 17.8 Å². The second kappa shape index (κ2) is 7.55. The Balaban J connectivity index is 1.39. The molecule has 0 heterocycles. The molecule has 5 nitrogen and oxygen atoms in total. The molecule has 0 saturated heterocycles. The highest BCUT2D eigenvalue weighted by atomic mass is 19.4. The Bertz CT molecular complexity index is 659. The van der Waals surface area contributed by atoms with Crippen LogP contribution in [0.15, 0.2) is 24.3 Å². The van der Waals surface area contributed by atoms with Crippen LogP contribution in [0.1, 0.15) is 32.1 Å². The lowest BCUT2D eigenvalue weighted by Crippen LogP contribution is -2.23. The molecule has 8 heteroatoms. The van der Waals surface area contributed by atoms with Crippen LogP contribution < -0.4 is 10.1 Å². The monoisotopic (exact) mass is 371 g/mol. The first-order valence-electron chi connectivity index (χ1n) is 8.60. The first kappa shape index (κ1) is 18.5. The average molecular weight is 371 g/mol. The van der Waals surface area contributed by atoms with Gasteiger partial charge < -0.3 is 14.8 Å². The van der Waals surface area contributed by atoms with Crippen LogP contribution in [0.3, 0.4) is 0 Å². The molecule has 2 fully saturated rings. The molecule has 2 saturated carbocycles. The van der Waals surface area contributed by atoms with E-state index in [2.05, 4.69) is 10.1 Å². The quantitative estimate of drug-likeness (QED) is 0.771. The molecule has 1 N–H and O–H groups in total. The van der Waals surface area contributed by atoms with Gasteiger partial charge in [-0.2, -0.15) is 0 Å². The maximum atomic E-state index is 12.1. The van der Waals surface area contributed by atoms with E-state index >= 15 is 0 Å². The molecule has 1 aromatic rings. The van der Waals surface area contributed by atoms with Crippen molar-refractivity contribution < 1.29 is 32.2 Å². The fourth-order valence-electron chi connectivity index (χ4n) is 3.98. The minimum Gasteiger partial charge on any atom is -0.456 e. The van der Waals surface area contributed by atoms with Gasteiger partial charge >= 0.3 is 12.3 Å². The SMILES string of the molecule is O=C(COC(=O)C[C@H]1C[C@H]2CC[C@@H]1C2)Nc1ccc(OC(F)(F)F)cc1. The molecule has 0 spiro atoms. The summed E-state index contributed by atoms with van der Waals surface area (Å²) in [6, 6.07) is 4.72. The maximum Gasteiger partial charge on any atom is 0.573 e. The van der Waals surface area contributed by atoms with Crippen LogP contribution in [-0.2, 0) is 14.3 Å². The smallest absolute Gasteiger partial charge is 0.456 e. The minimum atomic E-state index is -4.77. The molecule has 142 valence electrons. The molecule has 2 aliphatic rings. The number of ether oxygens (including phenoxy) is 2. The van der Waals surface area contributed by atoms with Crippen LogP contribution in [0.5, 0.6) is 5.75 Å². The number of benzene rings is 1. The lowest BCUT2D eigenvalue weighted by atomic mass is 9.86. The van der Waals surface area contributed by atoms with E-state index in [1.165, 1.54) is 31.4 Å². The molecule has 0 aromatic heterocycles. The summed E-state index contributed by atoms with van der Waals surface area (Å²) < 4.78 is 45.0. The highest BCUT2D eigenvalue weighted by Gasteiger charge is 2.40. The topological polar surface area (TPSA) is 64.6 Å². The third-order valence-corrected chi connectivity index (χ3v) is 5.05. The Morgan fingerprint density at radius 3 is 2.42 bits per heavy atom. The Kier molecular flexibility index (Phi) is 5.38. The summed E-state index contributed by atoms with van der Waals surface area (Å²) in [4.78, 5) is 23.7. The number of amides is 1. The summed E-state index contributed by atoms with van der Waals surface area (Å²) in [5, 5.41) is 2.46. The molecule has 1 aromatic carbocycles. The number of nitrogens with one attached hydrogen (secondary N) is 1. The number of anilines is 1. The minimum absolute atomic E-state index is 0.286. The molecule has 2 bridgehead atoms. The lowest BCUT2D eigenvalue weighted by molar-refractivity contribution is -0.274. The Morgan fingerprint density at radius 2 is 1.85 bits per heavy atom. The zero-order chi connectivity index (χ0) is 18.7. The van der Waals surface area contributed by atoms with Crippen molar-refractivity contribution in [2.45, 2.75) is 38.5 Å². The first-order chi connectivity index (χ1) is 12.3. The molecule has 0 aliphatic heterocycles. The summed E-state index contributed by atoms with van der Waals surface area (Å²) in [7, 11) is 0. The Hall–Kier alpha value is -2.25. The number of esters is 1. The lowest BCUT2D eigenvalue weighted by Gasteiger charge is -2.20. The standard InChI is InChI=1S/C18H20F3NO4/c19-18(20,21)26-15-5-3-14(4-6-15)22-16(23)10-25-17(24)9-13-8-11-1-2-12(13)7-11/h3-6,11-13H,1-2,7-10H2,(H,22,23)/t11-,12+,13+/m0/s1. The third-order valence-electron chi connectivity index (χ3n) is 5.05. The molecule has 0 unspecified atom stereocenters. The van der Waals surface area contributed by atoms with Crippen molar-refractivity contribution in [3.63, 3.8) is 0 Å². The van der Waals surface area contributed by atoms with Crippen molar-refractivity contribution in [1.29, 1.82) is 0 Å². The first-order valence-corrected chi connectivity index (χ1v) is 8.60. The maximum absolute atomic E-state index is 12.1. The molecular weight excluding hydrogens is 351 g/mol. The summed E-state index contributed by atoms with van der Waals surface area (Å²) in [6.45, 7) is -0.416. The number of carbonyl (C=O) groups is 2. The summed E-state index contributed by atoms with van der Waals surface area (Å²) in [5.74, 6) is 0.407. The van der Waals surface area contributed by atoms with Gasteiger partial charge in [-0.3, -0.25) is 9.59 Å². The van der Waals surface area contributed by atoms with Crippen molar-refractivity contribution in [2.75, 3.05) is 11.9 Å². The van der Waals surface area contributed by atoms with Gasteiger partial charge in [-0.05, 0) is 61.3 Å². The van der Waals surface area contributed by atoms with Gasteiger partial charge in [0.25, 0.3) is 5.91 Å². The van der Waals surface area contributed by atoms with Crippen LogP contribution in [-0.4, -0.2) is 24.8 Å². The number of hydrogen-bond donors (Lipinski definition) is 1. The number of halogens is 3. The Morgan fingerprint density at radius 1 is 1.12 bits per heavy atom. The van der Waals surface area contributed by atoms with Crippen LogP contribution in [0.25, 0.3) is 0 Å². The largest absolute Gasteiger partial charge is 0.573 e. The van der Waals surface area contributed by atoms with E-state index < -0.39 is 18.9 Å². The van der Waals surface area contributed by atoms with Gasteiger partial charge in [-0.25, -0.2) is 0 Å². The van der Waals surface area contributed by atoms with Gasteiger partial charge in [0.15, 0.2) is 6.61 Å². The zero-order valence-electron chi connectivity index (χ0n) is 14.1. The van der Waals surface area contributed by atoms with E-state index in [0.29, 0.717) is 18.3 Å². The van der Waals surface area contributed by atoms with Crippen LogP contribution in [0.4, 0.5) is 18.9 Å². The summed E-state index contributed by atoms with van der Waals surface area (Å²) in [5.41, 5.74) is 0.286. The molecular formula is C18H20F3NO4. The Labute approximate surface area is 148 Å². The predicted molar refractivity (Wildman–Crippen MR) is 86.3 cm³/mol. The second-order valence-electron chi connectivity index (χ2n) is 6.92. The fourth-order valence-corrected chi connectivity index (χ4v) is 3.98. The van der Waals surface area contributed by atoms with Gasteiger partial charge in [0, 0.05) is 12.1 Å². The van der Waals surface area contributed by atoms with E-state index in [9.17, 15) is 22.8 Å². The van der Waals surface area contributed by atoms with Crippen molar-refractivity contribution in [3.05, 3.63) is 24.3 Å². The van der Waals surface area contributed by atoms with Gasteiger partial charge in [-0.15, -0.1) is 13.2 Å². The molecule has 2 aliphatic carbocycles. The van der Waals surface area contributed by atoms with Crippen molar-refractivity contribution in [1.82, 2.24) is 0 Å². The van der Waals surface area contributed by atoms with Crippen LogP contribution in [0.2, 0.25) is 0 Å². The number of hydrogen-bond acceptors (Lipinski definition) is 4. The van der Waals surface area contributed by atoms with E-state index in [1.807, 2.05) is 0 Å². The highest BCUT2D eigenvalue weighted by molar-refractivity contribution is 5.92. The molecule has 0 radical (unpaired) electrons. The third kappa shape index (κ3) is 5.12. The number of carbonyl (C=O) groups excluding carboxylic acids is 2. The molecule has 1 amide bonds. The average Bonchev–Trinajstić information content (AvgIpc) is 3.16. The van der Waals surface area contributed by atoms with Gasteiger partial charge in [0.1, 0.15) is 5.75 Å². The number of fused-ring (bicyclic) bond motifs is 2. The van der Waals surface area contributed by atoms with E-state index in [4.69, 9.17) is 4.74 Å². The van der Waals surface area contributed by atoms with E-state index in [-0.39, 0.29) is 17.4 Å². The van der Waals surface area contributed by atoms with E-state index in [1.54, 1.807) is 0 Å². The zero-order valence-corrected chi connectivity index (χ0v) is 14.1. The van der Waals surface area contributed by atoms with Gasteiger partial charge in [-0.1, -0.05) is 6.42 Å². The van der Waals surface area contributed by atoms with Crippen LogP contribution in [0, 0.1) is 17.8 Å². The number of alkyl halides is 3. The normalized spacial score (nSPS) is 24.3. The van der Waals surface area contributed by atoms with Gasteiger partial charge in [0.2, 0.25) is 0 Å². The highest BCUT2D eigenvalue weighted by Crippen LogP contribution is 2.49. The number of rotatable bonds is 6. The fraction of sp³-hybridized carbons (Fsp3) is 0.556. The van der Waals surface area contributed by atoms with Crippen LogP contribution >= 0.6 is 0 Å². The molecule has 26 heavy (non-hydrogen) atoms. The molecule has 3 rings (SSSR count). The summed E-state index contributed by atoms with van der Waals surface area (Å²) in [6.07, 6.45) is 0.281. The van der Waals surface area contributed by atoms with Crippen molar-refractivity contribution >= 4 is 17.6 Å². The second-order valence-corrected chi connectivity index (χ2v) is 6.92. The van der Waals surface area contributed by atoms with E-state index in [0.717, 1.165) is 24.5 Å². The molecule has 3 atom stereocenters.